The largest absolute Gasteiger partial charge is 0.350 e. The summed E-state index contributed by atoms with van der Waals surface area (Å²) in [6.45, 7) is 8.90. The Labute approximate surface area is 202 Å². The van der Waals surface area contributed by atoms with Gasteiger partial charge >= 0.3 is 0 Å². The molecule has 0 radical (unpaired) electrons. The molecule has 0 aliphatic carbocycles. The molecule has 4 rings (SSSR count). The molecular weight excluding hydrogens is 450 g/mol. The van der Waals surface area contributed by atoms with E-state index in [0.29, 0.717) is 36.8 Å². The molecule has 34 heavy (non-hydrogen) atoms. The van der Waals surface area contributed by atoms with Gasteiger partial charge in [0.2, 0.25) is 21.8 Å². The van der Waals surface area contributed by atoms with Gasteiger partial charge in [-0.2, -0.15) is 4.31 Å². The van der Waals surface area contributed by atoms with Crippen LogP contribution >= 0.6 is 0 Å². The summed E-state index contributed by atoms with van der Waals surface area (Å²) < 4.78 is 28.1. The van der Waals surface area contributed by atoms with Gasteiger partial charge in [0.1, 0.15) is 6.54 Å². The predicted molar refractivity (Wildman–Crippen MR) is 132 cm³/mol. The number of nitrogens with zero attached hydrogens (tertiary/aromatic N) is 2. The van der Waals surface area contributed by atoms with E-state index >= 15 is 0 Å². The Morgan fingerprint density at radius 2 is 1.94 bits per heavy atom. The van der Waals surface area contributed by atoms with Crippen molar-refractivity contribution in [3.63, 3.8) is 0 Å². The zero-order valence-electron chi connectivity index (χ0n) is 20.3. The molecule has 8 heteroatoms. The van der Waals surface area contributed by atoms with Gasteiger partial charge in [-0.3, -0.25) is 9.59 Å². The zero-order valence-corrected chi connectivity index (χ0v) is 21.1. The maximum Gasteiger partial charge on any atom is 0.243 e. The number of anilines is 1. The van der Waals surface area contributed by atoms with Crippen molar-refractivity contribution in [1.82, 2.24) is 9.62 Å². The molecule has 2 aromatic carbocycles. The lowest BCUT2D eigenvalue weighted by Gasteiger charge is -2.30. The van der Waals surface area contributed by atoms with E-state index in [0.717, 1.165) is 24.0 Å². The number of carbonyl (C=O) groups excluding carboxylic acids is 2. The van der Waals surface area contributed by atoms with Crippen LogP contribution in [0.5, 0.6) is 0 Å². The standard InChI is InChI=1S/C26H33N3O4S/c1-18-7-5-9-20(13-18)15-27-24(30)17-29-23-11-10-21(14-22(23)26(3,4)25(29)31)34(32,33)28-12-6-8-19(2)16-28/h5,7,9-11,13-14,19H,6,8,12,15-17H2,1-4H3,(H,27,30)/t19-/m0/s1. The number of aryl methyl sites for hydroxylation is 1. The van der Waals surface area contributed by atoms with E-state index < -0.39 is 15.4 Å². The minimum absolute atomic E-state index is 0.114. The number of carbonyl (C=O) groups is 2. The first kappa shape index (κ1) is 24.4. The third-order valence-electron chi connectivity index (χ3n) is 6.84. The van der Waals surface area contributed by atoms with E-state index in [-0.39, 0.29) is 23.3 Å². The van der Waals surface area contributed by atoms with Crippen molar-refractivity contribution in [2.24, 2.45) is 5.92 Å². The molecule has 0 spiro atoms. The van der Waals surface area contributed by atoms with Crippen LogP contribution in [0.1, 0.15) is 50.3 Å². The second kappa shape index (κ2) is 9.15. The summed E-state index contributed by atoms with van der Waals surface area (Å²) in [4.78, 5) is 27.6. The molecule has 1 saturated heterocycles. The van der Waals surface area contributed by atoms with Crippen molar-refractivity contribution in [2.45, 2.75) is 57.4 Å². The summed E-state index contributed by atoms with van der Waals surface area (Å²) in [6.07, 6.45) is 1.87. The van der Waals surface area contributed by atoms with Crippen LogP contribution in [0.2, 0.25) is 0 Å². The second-order valence-electron chi connectivity index (χ2n) is 10.1. The minimum atomic E-state index is -3.64. The number of hydrogen-bond acceptors (Lipinski definition) is 4. The molecule has 0 aromatic heterocycles. The summed E-state index contributed by atoms with van der Waals surface area (Å²) in [5.41, 5.74) is 2.40. The molecule has 2 amide bonds. The Bertz CT molecular complexity index is 1220. The van der Waals surface area contributed by atoms with Gasteiger partial charge in [0.25, 0.3) is 0 Å². The van der Waals surface area contributed by atoms with E-state index in [1.54, 1.807) is 36.4 Å². The molecule has 1 fully saturated rings. The van der Waals surface area contributed by atoms with Gasteiger partial charge in [-0.05, 0) is 68.9 Å². The van der Waals surface area contributed by atoms with E-state index in [2.05, 4.69) is 12.2 Å². The van der Waals surface area contributed by atoms with Gasteiger partial charge < -0.3 is 10.2 Å². The maximum atomic E-state index is 13.3. The van der Waals surface area contributed by atoms with Crippen LogP contribution < -0.4 is 10.2 Å². The molecule has 0 unspecified atom stereocenters. The van der Waals surface area contributed by atoms with Gasteiger partial charge in [-0.25, -0.2) is 8.42 Å². The summed E-state index contributed by atoms with van der Waals surface area (Å²) in [5, 5.41) is 2.88. The van der Waals surface area contributed by atoms with Crippen molar-refractivity contribution >= 4 is 27.5 Å². The monoisotopic (exact) mass is 483 g/mol. The average Bonchev–Trinajstić information content (AvgIpc) is 2.98. The van der Waals surface area contributed by atoms with Crippen molar-refractivity contribution in [3.05, 3.63) is 59.2 Å². The highest BCUT2D eigenvalue weighted by Crippen LogP contribution is 2.42. The van der Waals surface area contributed by atoms with Crippen LogP contribution in [0.3, 0.4) is 0 Å². The quantitative estimate of drug-likeness (QED) is 0.683. The maximum absolute atomic E-state index is 13.3. The SMILES string of the molecule is Cc1cccc(CNC(=O)CN2C(=O)C(C)(C)c3cc(S(=O)(=O)N4CCC[C@H](C)C4)ccc32)c1. The first-order chi connectivity index (χ1) is 16.0. The van der Waals surface area contributed by atoms with E-state index in [9.17, 15) is 18.0 Å². The lowest BCUT2D eigenvalue weighted by molar-refractivity contribution is -0.125. The molecule has 1 atom stereocenters. The molecule has 0 saturated carbocycles. The van der Waals surface area contributed by atoms with Crippen LogP contribution in [0.4, 0.5) is 5.69 Å². The fourth-order valence-corrected chi connectivity index (χ4v) is 6.49. The highest BCUT2D eigenvalue weighted by Gasteiger charge is 2.45. The molecule has 2 heterocycles. The smallest absolute Gasteiger partial charge is 0.243 e. The molecule has 2 aliphatic heterocycles. The first-order valence-electron chi connectivity index (χ1n) is 11.8. The minimum Gasteiger partial charge on any atom is -0.350 e. The van der Waals surface area contributed by atoms with Crippen LogP contribution in [-0.4, -0.2) is 44.2 Å². The molecule has 2 aliphatic rings. The molecule has 0 bridgehead atoms. The van der Waals surface area contributed by atoms with E-state index in [1.165, 1.54) is 4.90 Å². The lowest BCUT2D eigenvalue weighted by atomic mass is 9.86. The number of piperidine rings is 1. The van der Waals surface area contributed by atoms with Gasteiger partial charge in [-0.15, -0.1) is 0 Å². The number of hydrogen-bond donors (Lipinski definition) is 1. The molecule has 182 valence electrons. The van der Waals surface area contributed by atoms with Crippen molar-refractivity contribution < 1.29 is 18.0 Å². The van der Waals surface area contributed by atoms with Crippen LogP contribution in [0.25, 0.3) is 0 Å². The molecule has 2 aromatic rings. The highest BCUT2D eigenvalue weighted by atomic mass is 32.2. The third-order valence-corrected chi connectivity index (χ3v) is 8.70. The Kier molecular flexibility index (Phi) is 6.57. The zero-order chi connectivity index (χ0) is 24.7. The molecule has 1 N–H and O–H groups in total. The van der Waals surface area contributed by atoms with Gasteiger partial charge in [0, 0.05) is 25.3 Å². The number of amides is 2. The normalized spacial score (nSPS) is 20.3. The van der Waals surface area contributed by atoms with E-state index in [1.807, 2.05) is 31.2 Å². The first-order valence-corrected chi connectivity index (χ1v) is 13.2. The summed E-state index contributed by atoms with van der Waals surface area (Å²) in [6, 6.07) is 12.7. The Balaban J connectivity index is 1.54. The predicted octanol–water partition coefficient (Wildman–Crippen LogP) is 3.36. The van der Waals surface area contributed by atoms with Crippen LogP contribution in [0.15, 0.2) is 47.4 Å². The Morgan fingerprint density at radius 3 is 2.65 bits per heavy atom. The van der Waals surface area contributed by atoms with Crippen LogP contribution in [-0.2, 0) is 31.6 Å². The topological polar surface area (TPSA) is 86.8 Å². The summed E-state index contributed by atoms with van der Waals surface area (Å²) in [5.74, 6) is -0.156. The number of benzene rings is 2. The van der Waals surface area contributed by atoms with Crippen molar-refractivity contribution in [2.75, 3.05) is 24.5 Å². The van der Waals surface area contributed by atoms with E-state index in [4.69, 9.17) is 0 Å². The number of sulfonamides is 1. The third kappa shape index (κ3) is 4.61. The van der Waals surface area contributed by atoms with Gasteiger partial charge in [-0.1, -0.05) is 36.8 Å². The lowest BCUT2D eigenvalue weighted by Crippen LogP contribution is -2.42. The Hall–Kier alpha value is -2.71. The number of nitrogens with one attached hydrogen (secondary N) is 1. The summed E-state index contributed by atoms with van der Waals surface area (Å²) in [7, 11) is -3.64. The summed E-state index contributed by atoms with van der Waals surface area (Å²) >= 11 is 0. The molecule has 7 nitrogen and oxygen atoms in total. The number of fused-ring (bicyclic) bond motifs is 1. The molecular formula is C26H33N3O4S. The Morgan fingerprint density at radius 1 is 1.18 bits per heavy atom. The van der Waals surface area contributed by atoms with Crippen molar-refractivity contribution in [1.29, 1.82) is 0 Å². The van der Waals surface area contributed by atoms with Crippen molar-refractivity contribution in [3.8, 4) is 0 Å². The second-order valence-corrected chi connectivity index (χ2v) is 12.0. The van der Waals surface area contributed by atoms with Gasteiger partial charge in [0.05, 0.1) is 10.3 Å². The van der Waals surface area contributed by atoms with Gasteiger partial charge in [0.15, 0.2) is 0 Å². The van der Waals surface area contributed by atoms with Crippen LogP contribution in [0, 0.1) is 12.8 Å². The fraction of sp³-hybridized carbons (Fsp3) is 0.462. The highest BCUT2D eigenvalue weighted by molar-refractivity contribution is 7.89. The number of rotatable bonds is 6. The average molecular weight is 484 g/mol. The fourth-order valence-electron chi connectivity index (χ4n) is 4.87.